The number of carbonyl (C=O) groups excluding carboxylic acids is 2. The van der Waals surface area contributed by atoms with Gasteiger partial charge in [0.2, 0.25) is 0 Å². The summed E-state index contributed by atoms with van der Waals surface area (Å²) in [6, 6.07) is 0. The molecular weight excluding hydrogens is 973 g/mol. The van der Waals surface area contributed by atoms with Crippen molar-refractivity contribution >= 4 is 11.9 Å². The molecule has 2 fully saturated rings. The van der Waals surface area contributed by atoms with Crippen LogP contribution in [0.25, 0.3) is 0 Å². The number of carbonyl (C=O) groups is 2. The Kier molecular flexibility index (Phi) is 43.3. The summed E-state index contributed by atoms with van der Waals surface area (Å²) in [5.41, 5.74) is 0. The average Bonchev–Trinajstić information content (AvgIpc) is 3.41. The van der Waals surface area contributed by atoms with Gasteiger partial charge in [-0.15, -0.1) is 0 Å². The molecule has 0 aliphatic carbocycles. The first kappa shape index (κ1) is 69.6. The number of aliphatic hydroxyl groups is 7. The average molecular weight is 1080 g/mol. The lowest BCUT2D eigenvalue weighted by molar-refractivity contribution is -0.332. The third-order valence-electron chi connectivity index (χ3n) is 14.3. The number of allylic oxidation sites excluding steroid dienone is 8. The van der Waals surface area contributed by atoms with Crippen LogP contribution in [0.5, 0.6) is 0 Å². The molecule has 11 atom stereocenters. The van der Waals surface area contributed by atoms with Crippen molar-refractivity contribution in [3.05, 3.63) is 48.6 Å². The van der Waals surface area contributed by atoms with Crippen LogP contribution in [0.3, 0.4) is 0 Å². The number of ether oxygens (including phenoxy) is 6. The normalized spacial score (nSPS) is 24.6. The molecule has 15 heteroatoms. The SMILES string of the molecule is CCCCC/C=C/C/C=C/C/C=C/C/C=C/CCCC(=O)O[C@@H](COC(=O)CCCCCCCCCCCCCCCCCCCCCCCCC)CO[C@@H]1O[C@H](CO[C@@H]2O[C@H](CO)[C@H](O)C(O)C2O)[C@H](O)C(O)C1O. The molecule has 0 saturated carbocycles. The van der Waals surface area contributed by atoms with Crippen LogP contribution in [0.1, 0.15) is 232 Å². The van der Waals surface area contributed by atoms with Gasteiger partial charge in [-0.1, -0.05) is 217 Å². The Morgan fingerprint density at radius 2 is 0.803 bits per heavy atom. The van der Waals surface area contributed by atoms with Gasteiger partial charge in [-0.25, -0.2) is 0 Å². The molecule has 76 heavy (non-hydrogen) atoms. The first-order chi connectivity index (χ1) is 37.0. The summed E-state index contributed by atoms with van der Waals surface area (Å²) in [6.45, 7) is 2.54. The molecule has 2 aliphatic heterocycles. The predicted molar refractivity (Wildman–Crippen MR) is 298 cm³/mol. The summed E-state index contributed by atoms with van der Waals surface area (Å²) < 4.78 is 33.6. The lowest BCUT2D eigenvalue weighted by Crippen LogP contribution is -2.61. The molecule has 0 aromatic carbocycles. The Bertz CT molecular complexity index is 1500. The predicted octanol–water partition coefficient (Wildman–Crippen LogP) is 10.6. The second kappa shape index (κ2) is 47.3. The van der Waals surface area contributed by atoms with Crippen molar-refractivity contribution in [1.82, 2.24) is 0 Å². The Labute approximate surface area is 458 Å². The molecule has 4 unspecified atom stereocenters. The minimum absolute atomic E-state index is 0.0901. The maximum Gasteiger partial charge on any atom is 0.306 e. The van der Waals surface area contributed by atoms with Crippen molar-refractivity contribution in [3.63, 3.8) is 0 Å². The molecule has 7 N–H and O–H groups in total. The molecule has 2 saturated heterocycles. The van der Waals surface area contributed by atoms with Gasteiger partial charge in [-0.3, -0.25) is 9.59 Å². The van der Waals surface area contributed by atoms with Crippen molar-refractivity contribution in [3.8, 4) is 0 Å². The lowest BCUT2D eigenvalue weighted by atomic mass is 9.98. The molecule has 15 nitrogen and oxygen atoms in total. The lowest BCUT2D eigenvalue weighted by Gasteiger charge is -2.42. The van der Waals surface area contributed by atoms with Crippen molar-refractivity contribution in [2.75, 3.05) is 26.4 Å². The minimum Gasteiger partial charge on any atom is -0.462 e. The van der Waals surface area contributed by atoms with E-state index in [-0.39, 0.29) is 19.4 Å². The molecule has 0 bridgehead atoms. The topological polar surface area (TPSA) is 231 Å². The van der Waals surface area contributed by atoms with E-state index in [9.17, 15) is 45.3 Å². The van der Waals surface area contributed by atoms with Crippen molar-refractivity contribution in [1.29, 1.82) is 0 Å². The van der Waals surface area contributed by atoms with E-state index >= 15 is 0 Å². The van der Waals surface area contributed by atoms with Crippen LogP contribution >= 0.6 is 0 Å². The second-order valence-corrected chi connectivity index (χ2v) is 21.2. The standard InChI is InChI=1S/C61H108O15/c1-3-5-7-9-11-13-15-17-19-21-22-23-24-25-26-28-29-31-33-35-37-39-41-43-52(63)71-46-49(74-53(64)44-42-40-38-36-34-32-30-27-20-18-16-14-12-10-8-6-4-2)47-72-60-59(70)57(68)55(66)51(76-60)48-73-61-58(69)56(67)54(65)50(45-62)75-61/h12,14,18,20,30,32,36,38,49-51,54-62,65-70H,3-11,13,15-17,19,21-29,31,33-35,37,39-48H2,1-2H3/b14-12+,20-18+,32-30+,38-36+/t49-,50+,51+,54-,55-,56?,57?,58?,59?,60+,61+/m0/s1. The summed E-state index contributed by atoms with van der Waals surface area (Å²) in [5.74, 6) is -0.982. The highest BCUT2D eigenvalue weighted by Crippen LogP contribution is 2.27. The first-order valence-electron chi connectivity index (χ1n) is 30.2. The Morgan fingerprint density at radius 3 is 1.28 bits per heavy atom. The molecule has 0 amide bonds. The third kappa shape index (κ3) is 33.8. The molecule has 0 spiro atoms. The number of esters is 2. The fourth-order valence-corrected chi connectivity index (χ4v) is 9.39. The van der Waals surface area contributed by atoms with Crippen molar-refractivity contribution in [2.24, 2.45) is 0 Å². The number of hydrogen-bond acceptors (Lipinski definition) is 15. The van der Waals surface area contributed by atoms with Crippen molar-refractivity contribution in [2.45, 2.75) is 300 Å². The number of unbranched alkanes of at least 4 members (excludes halogenated alkanes) is 26. The van der Waals surface area contributed by atoms with Gasteiger partial charge in [0.05, 0.1) is 19.8 Å². The zero-order chi connectivity index (χ0) is 55.3. The van der Waals surface area contributed by atoms with Gasteiger partial charge in [0, 0.05) is 12.8 Å². The van der Waals surface area contributed by atoms with Gasteiger partial charge >= 0.3 is 11.9 Å². The zero-order valence-corrected chi connectivity index (χ0v) is 47.2. The molecule has 442 valence electrons. The van der Waals surface area contributed by atoms with E-state index in [1.165, 1.54) is 141 Å². The molecule has 2 heterocycles. The summed E-state index contributed by atoms with van der Waals surface area (Å²) in [6.07, 6.45) is 38.6. The summed E-state index contributed by atoms with van der Waals surface area (Å²) >= 11 is 0. The van der Waals surface area contributed by atoms with Gasteiger partial charge in [-0.2, -0.15) is 0 Å². The van der Waals surface area contributed by atoms with Crippen molar-refractivity contribution < 1.29 is 73.8 Å². The second-order valence-electron chi connectivity index (χ2n) is 21.2. The van der Waals surface area contributed by atoms with E-state index in [0.717, 1.165) is 44.9 Å². The van der Waals surface area contributed by atoms with E-state index < -0.39 is 99.3 Å². The molecule has 2 rings (SSSR count). The smallest absolute Gasteiger partial charge is 0.306 e. The van der Waals surface area contributed by atoms with E-state index in [1.807, 2.05) is 12.2 Å². The summed E-state index contributed by atoms with van der Waals surface area (Å²) in [5, 5.41) is 72.3. The van der Waals surface area contributed by atoms with Crippen LogP contribution in [0.15, 0.2) is 48.6 Å². The third-order valence-corrected chi connectivity index (χ3v) is 14.3. The number of rotatable bonds is 48. The fraction of sp³-hybridized carbons (Fsp3) is 0.836. The Balaban J connectivity index is 1.74. The number of aliphatic hydroxyl groups excluding tert-OH is 7. The van der Waals surface area contributed by atoms with Crippen LogP contribution in [-0.4, -0.2) is 142 Å². The quantitative estimate of drug-likeness (QED) is 0.0171. The Morgan fingerprint density at radius 1 is 0.421 bits per heavy atom. The Hall–Kier alpha value is -2.54. The van der Waals surface area contributed by atoms with Gasteiger partial charge < -0.3 is 64.2 Å². The number of hydrogen-bond donors (Lipinski definition) is 7. The summed E-state index contributed by atoms with van der Waals surface area (Å²) in [7, 11) is 0. The van der Waals surface area contributed by atoms with Crippen LogP contribution in [0.4, 0.5) is 0 Å². The molecule has 0 aromatic heterocycles. The van der Waals surface area contributed by atoms with Crippen LogP contribution in [0, 0.1) is 0 Å². The first-order valence-corrected chi connectivity index (χ1v) is 30.2. The monoisotopic (exact) mass is 1080 g/mol. The van der Waals surface area contributed by atoms with E-state index in [2.05, 4.69) is 50.3 Å². The van der Waals surface area contributed by atoms with Gasteiger partial charge in [-0.05, 0) is 51.4 Å². The zero-order valence-electron chi connectivity index (χ0n) is 47.2. The maximum atomic E-state index is 13.0. The molecule has 0 radical (unpaired) electrons. The maximum absolute atomic E-state index is 13.0. The van der Waals surface area contributed by atoms with Crippen LogP contribution < -0.4 is 0 Å². The molecular formula is C61H108O15. The molecule has 2 aliphatic rings. The van der Waals surface area contributed by atoms with Gasteiger partial charge in [0.25, 0.3) is 0 Å². The van der Waals surface area contributed by atoms with Gasteiger partial charge in [0.1, 0.15) is 55.4 Å². The van der Waals surface area contributed by atoms with E-state index in [1.54, 1.807) is 0 Å². The highest BCUT2D eigenvalue weighted by molar-refractivity contribution is 5.70. The minimum atomic E-state index is -1.78. The summed E-state index contributed by atoms with van der Waals surface area (Å²) in [4.78, 5) is 25.9. The van der Waals surface area contributed by atoms with E-state index in [0.29, 0.717) is 19.3 Å². The fourth-order valence-electron chi connectivity index (χ4n) is 9.39. The molecule has 0 aromatic rings. The van der Waals surface area contributed by atoms with Gasteiger partial charge in [0.15, 0.2) is 18.7 Å². The van der Waals surface area contributed by atoms with Crippen LogP contribution in [0.2, 0.25) is 0 Å². The highest BCUT2D eigenvalue weighted by atomic mass is 16.7. The van der Waals surface area contributed by atoms with Crippen LogP contribution in [-0.2, 0) is 38.0 Å². The van der Waals surface area contributed by atoms with E-state index in [4.69, 9.17) is 28.4 Å². The highest BCUT2D eigenvalue weighted by Gasteiger charge is 2.47. The largest absolute Gasteiger partial charge is 0.462 e.